The van der Waals surface area contributed by atoms with E-state index < -0.39 is 11.6 Å². The van der Waals surface area contributed by atoms with Gasteiger partial charge in [-0.05, 0) is 30.7 Å². The van der Waals surface area contributed by atoms with Gasteiger partial charge in [-0.25, -0.2) is 8.78 Å². The molecule has 1 atom stereocenters. The lowest BCUT2D eigenvalue weighted by Crippen LogP contribution is -2.22. The molecule has 15 heavy (non-hydrogen) atoms. The fraction of sp³-hybridized carbons (Fsp3) is 0.455. The highest BCUT2D eigenvalue weighted by molar-refractivity contribution is 5.44. The van der Waals surface area contributed by atoms with Crippen molar-refractivity contribution in [3.63, 3.8) is 0 Å². The van der Waals surface area contributed by atoms with Crippen molar-refractivity contribution in [3.05, 3.63) is 29.8 Å². The van der Waals surface area contributed by atoms with Crippen molar-refractivity contribution in [3.8, 4) is 0 Å². The first kappa shape index (κ1) is 11.9. The maximum Gasteiger partial charge on any atom is 0.146 e. The first-order valence-corrected chi connectivity index (χ1v) is 5.06. The third-order valence-corrected chi connectivity index (χ3v) is 2.42. The Morgan fingerprint density at radius 1 is 1.40 bits per heavy atom. The molecule has 0 amide bonds. The van der Waals surface area contributed by atoms with E-state index in [1.165, 1.54) is 0 Å². The van der Waals surface area contributed by atoms with Crippen LogP contribution in [0.1, 0.15) is 13.3 Å². The fourth-order valence-electron chi connectivity index (χ4n) is 1.28. The van der Waals surface area contributed by atoms with E-state index in [1.807, 2.05) is 6.92 Å². The monoisotopic (exact) mass is 214 g/mol. The van der Waals surface area contributed by atoms with Crippen LogP contribution in [0.5, 0.6) is 0 Å². The summed E-state index contributed by atoms with van der Waals surface area (Å²) in [6.45, 7) is 3.12. The molecule has 0 aliphatic heterocycles. The van der Waals surface area contributed by atoms with E-state index in [0.29, 0.717) is 13.1 Å². The number of rotatable bonds is 5. The quantitative estimate of drug-likeness (QED) is 0.789. The second kappa shape index (κ2) is 5.66. The van der Waals surface area contributed by atoms with Gasteiger partial charge in [0.1, 0.15) is 11.6 Å². The van der Waals surface area contributed by atoms with E-state index in [9.17, 15) is 8.78 Å². The predicted octanol–water partition coefficient (Wildman–Crippen LogP) is 2.36. The van der Waals surface area contributed by atoms with Gasteiger partial charge in [0.05, 0.1) is 5.69 Å². The Morgan fingerprint density at radius 2 is 2.13 bits per heavy atom. The van der Waals surface area contributed by atoms with E-state index >= 15 is 0 Å². The summed E-state index contributed by atoms with van der Waals surface area (Å²) >= 11 is 0. The lowest BCUT2D eigenvalue weighted by molar-refractivity contribution is 0.544. The van der Waals surface area contributed by atoms with Crippen LogP contribution in [0, 0.1) is 17.6 Å². The van der Waals surface area contributed by atoms with E-state index in [0.717, 1.165) is 24.6 Å². The molecule has 84 valence electrons. The predicted molar refractivity (Wildman–Crippen MR) is 57.7 cm³/mol. The van der Waals surface area contributed by atoms with E-state index in [2.05, 4.69) is 5.32 Å². The van der Waals surface area contributed by atoms with Crippen molar-refractivity contribution in [2.45, 2.75) is 13.3 Å². The minimum atomic E-state index is -0.445. The van der Waals surface area contributed by atoms with Crippen LogP contribution in [0.2, 0.25) is 0 Å². The Bertz CT molecular complexity index is 311. The first-order valence-electron chi connectivity index (χ1n) is 5.06. The molecule has 0 bridgehead atoms. The molecule has 0 heterocycles. The molecule has 1 unspecified atom stereocenters. The number of hydrogen-bond donors (Lipinski definition) is 2. The number of hydrogen-bond acceptors (Lipinski definition) is 2. The standard InChI is InChI=1S/C11H16F2N2/c1-2-8(6-14)7-15-11-5-9(12)3-4-10(11)13/h3-5,8,15H,2,6-7,14H2,1H3. The van der Waals surface area contributed by atoms with Crippen molar-refractivity contribution in [1.82, 2.24) is 0 Å². The zero-order valence-electron chi connectivity index (χ0n) is 8.76. The van der Waals surface area contributed by atoms with Gasteiger partial charge in [-0.1, -0.05) is 13.3 Å². The molecule has 0 fully saturated rings. The molecule has 0 aromatic heterocycles. The van der Waals surface area contributed by atoms with Crippen LogP contribution < -0.4 is 11.1 Å². The summed E-state index contributed by atoms with van der Waals surface area (Å²) in [5.74, 6) is -0.601. The average molecular weight is 214 g/mol. The molecule has 0 radical (unpaired) electrons. The maximum atomic E-state index is 13.2. The van der Waals surface area contributed by atoms with Crippen LogP contribution >= 0.6 is 0 Å². The Morgan fingerprint density at radius 3 is 2.73 bits per heavy atom. The summed E-state index contributed by atoms with van der Waals surface area (Å²) in [4.78, 5) is 0. The summed E-state index contributed by atoms with van der Waals surface area (Å²) in [5.41, 5.74) is 5.70. The highest BCUT2D eigenvalue weighted by Crippen LogP contribution is 2.15. The largest absolute Gasteiger partial charge is 0.382 e. The SMILES string of the molecule is CCC(CN)CNc1cc(F)ccc1F. The molecule has 4 heteroatoms. The Kier molecular flexibility index (Phi) is 4.49. The lowest BCUT2D eigenvalue weighted by Gasteiger charge is -2.14. The Balaban J connectivity index is 2.60. The van der Waals surface area contributed by atoms with Gasteiger partial charge in [0.2, 0.25) is 0 Å². The molecule has 0 aliphatic rings. The van der Waals surface area contributed by atoms with Gasteiger partial charge in [-0.15, -0.1) is 0 Å². The fourth-order valence-corrected chi connectivity index (χ4v) is 1.28. The normalized spacial score (nSPS) is 12.5. The molecule has 1 aromatic rings. The molecule has 3 N–H and O–H groups in total. The summed E-state index contributed by atoms with van der Waals surface area (Å²) in [7, 11) is 0. The lowest BCUT2D eigenvalue weighted by atomic mass is 10.1. The van der Waals surface area contributed by atoms with Crippen molar-refractivity contribution in [2.24, 2.45) is 11.7 Å². The zero-order chi connectivity index (χ0) is 11.3. The van der Waals surface area contributed by atoms with E-state index in [4.69, 9.17) is 5.73 Å². The third-order valence-electron chi connectivity index (χ3n) is 2.42. The van der Waals surface area contributed by atoms with E-state index in [1.54, 1.807) is 0 Å². The molecule has 1 rings (SSSR count). The van der Waals surface area contributed by atoms with Crippen LogP contribution in [0.4, 0.5) is 14.5 Å². The molecule has 0 aliphatic carbocycles. The summed E-state index contributed by atoms with van der Waals surface area (Å²) in [6, 6.07) is 3.36. The molecule has 0 saturated carbocycles. The van der Waals surface area contributed by atoms with Crippen LogP contribution in [-0.2, 0) is 0 Å². The maximum absolute atomic E-state index is 13.2. The summed E-state index contributed by atoms with van der Waals surface area (Å²) < 4.78 is 26.0. The molecule has 2 nitrogen and oxygen atoms in total. The second-order valence-electron chi connectivity index (χ2n) is 3.52. The summed E-state index contributed by atoms with van der Waals surface area (Å²) in [6.07, 6.45) is 0.917. The summed E-state index contributed by atoms with van der Waals surface area (Å²) in [5, 5.41) is 2.86. The minimum Gasteiger partial charge on any atom is -0.382 e. The molecule has 0 saturated heterocycles. The van der Waals surface area contributed by atoms with Gasteiger partial charge >= 0.3 is 0 Å². The van der Waals surface area contributed by atoms with Crippen LogP contribution in [-0.4, -0.2) is 13.1 Å². The van der Waals surface area contributed by atoms with Crippen LogP contribution in [0.15, 0.2) is 18.2 Å². The van der Waals surface area contributed by atoms with Gasteiger partial charge in [0.15, 0.2) is 0 Å². The van der Waals surface area contributed by atoms with Gasteiger partial charge in [-0.3, -0.25) is 0 Å². The van der Waals surface area contributed by atoms with Gasteiger partial charge < -0.3 is 11.1 Å². The van der Waals surface area contributed by atoms with Gasteiger partial charge in [0.25, 0.3) is 0 Å². The first-order chi connectivity index (χ1) is 7.17. The van der Waals surface area contributed by atoms with Crippen molar-refractivity contribution < 1.29 is 8.78 Å². The smallest absolute Gasteiger partial charge is 0.146 e. The third kappa shape index (κ3) is 3.47. The van der Waals surface area contributed by atoms with Crippen molar-refractivity contribution in [2.75, 3.05) is 18.4 Å². The minimum absolute atomic E-state index is 0.196. The average Bonchev–Trinajstić information content (AvgIpc) is 2.24. The number of nitrogens with one attached hydrogen (secondary N) is 1. The molecular weight excluding hydrogens is 198 g/mol. The number of anilines is 1. The molecule has 0 spiro atoms. The number of benzene rings is 1. The van der Waals surface area contributed by atoms with Gasteiger partial charge in [-0.2, -0.15) is 0 Å². The van der Waals surface area contributed by atoms with E-state index in [-0.39, 0.29) is 11.6 Å². The number of nitrogens with two attached hydrogens (primary N) is 1. The van der Waals surface area contributed by atoms with Gasteiger partial charge in [0, 0.05) is 6.54 Å². The van der Waals surface area contributed by atoms with Crippen molar-refractivity contribution >= 4 is 5.69 Å². The topological polar surface area (TPSA) is 38.0 Å². The highest BCUT2D eigenvalue weighted by Gasteiger charge is 2.06. The Labute approximate surface area is 88.5 Å². The highest BCUT2D eigenvalue weighted by atomic mass is 19.1. The molecule has 1 aromatic carbocycles. The van der Waals surface area contributed by atoms with Crippen LogP contribution in [0.3, 0.4) is 0 Å². The Hall–Kier alpha value is -1.16. The van der Waals surface area contributed by atoms with Crippen LogP contribution in [0.25, 0.3) is 0 Å². The number of halogens is 2. The second-order valence-corrected chi connectivity index (χ2v) is 3.52. The zero-order valence-corrected chi connectivity index (χ0v) is 8.76. The van der Waals surface area contributed by atoms with Crippen molar-refractivity contribution in [1.29, 1.82) is 0 Å². The molecular formula is C11H16F2N2.